The quantitative estimate of drug-likeness (QED) is 0.689. The highest BCUT2D eigenvalue weighted by atomic mass is 16.4. The number of amides is 1. The highest BCUT2D eigenvalue weighted by molar-refractivity contribution is 5.78. The maximum Gasteiger partial charge on any atom is 0.308 e. The molecule has 1 aliphatic rings. The van der Waals surface area contributed by atoms with E-state index in [1.54, 1.807) is 4.90 Å². The molecule has 1 atom stereocenters. The average molecular weight is 185 g/mol. The van der Waals surface area contributed by atoms with Gasteiger partial charge in [-0.05, 0) is 19.8 Å². The molecule has 1 saturated heterocycles. The number of hydrogen-bond donors (Lipinski definition) is 1. The molecule has 0 aromatic heterocycles. The number of nitrogens with zero attached hydrogens (tertiary/aromatic N) is 1. The minimum absolute atomic E-state index is 0.0891. The Bertz CT molecular complexity index is 215. The van der Waals surface area contributed by atoms with Gasteiger partial charge in [0, 0.05) is 19.5 Å². The fraction of sp³-hybridized carbons (Fsp3) is 0.778. The van der Waals surface area contributed by atoms with Crippen LogP contribution in [0, 0.1) is 5.92 Å². The van der Waals surface area contributed by atoms with Gasteiger partial charge in [0.25, 0.3) is 0 Å². The predicted molar refractivity (Wildman–Crippen MR) is 47.2 cm³/mol. The van der Waals surface area contributed by atoms with Crippen molar-refractivity contribution in [2.75, 3.05) is 13.1 Å². The van der Waals surface area contributed by atoms with Gasteiger partial charge < -0.3 is 10.0 Å². The fourth-order valence-corrected chi connectivity index (χ4v) is 1.62. The summed E-state index contributed by atoms with van der Waals surface area (Å²) < 4.78 is 0. The van der Waals surface area contributed by atoms with Crippen LogP contribution < -0.4 is 0 Å². The lowest BCUT2D eigenvalue weighted by Gasteiger charge is -2.20. The summed E-state index contributed by atoms with van der Waals surface area (Å²) in [7, 11) is 0. The molecule has 1 amide bonds. The van der Waals surface area contributed by atoms with Crippen molar-refractivity contribution >= 4 is 11.9 Å². The number of carbonyl (C=O) groups is 2. The Morgan fingerprint density at radius 1 is 1.69 bits per heavy atom. The summed E-state index contributed by atoms with van der Waals surface area (Å²) in [6, 6.07) is 0. The second kappa shape index (κ2) is 4.25. The van der Waals surface area contributed by atoms with Crippen LogP contribution in [0.25, 0.3) is 0 Å². The SMILES string of the molecule is CCN1CC(C(=O)O)CCCC1=O. The van der Waals surface area contributed by atoms with Gasteiger partial charge in [0.05, 0.1) is 5.92 Å². The van der Waals surface area contributed by atoms with Gasteiger partial charge in [-0.1, -0.05) is 0 Å². The van der Waals surface area contributed by atoms with Crippen LogP contribution in [0.3, 0.4) is 0 Å². The molecular weight excluding hydrogens is 170 g/mol. The third kappa shape index (κ3) is 2.44. The lowest BCUT2D eigenvalue weighted by molar-refractivity contribution is -0.143. The van der Waals surface area contributed by atoms with E-state index in [1.807, 2.05) is 6.92 Å². The monoisotopic (exact) mass is 185 g/mol. The van der Waals surface area contributed by atoms with E-state index in [0.29, 0.717) is 32.4 Å². The molecule has 4 nitrogen and oxygen atoms in total. The number of hydrogen-bond acceptors (Lipinski definition) is 2. The zero-order valence-electron chi connectivity index (χ0n) is 7.82. The number of aliphatic carboxylic acids is 1. The smallest absolute Gasteiger partial charge is 0.308 e. The van der Waals surface area contributed by atoms with Gasteiger partial charge in [-0.2, -0.15) is 0 Å². The highest BCUT2D eigenvalue weighted by Crippen LogP contribution is 2.17. The number of rotatable bonds is 2. The Morgan fingerprint density at radius 2 is 2.38 bits per heavy atom. The maximum absolute atomic E-state index is 11.3. The molecule has 74 valence electrons. The number of carboxylic acids is 1. The van der Waals surface area contributed by atoms with Crippen LogP contribution in [0.15, 0.2) is 0 Å². The van der Waals surface area contributed by atoms with Gasteiger partial charge in [-0.3, -0.25) is 9.59 Å². The Balaban J connectivity index is 2.63. The Morgan fingerprint density at radius 3 is 2.92 bits per heavy atom. The van der Waals surface area contributed by atoms with Crippen molar-refractivity contribution in [3.8, 4) is 0 Å². The Kier molecular flexibility index (Phi) is 3.28. The topological polar surface area (TPSA) is 57.6 Å². The van der Waals surface area contributed by atoms with Crippen LogP contribution in [0.4, 0.5) is 0 Å². The summed E-state index contributed by atoms with van der Waals surface area (Å²) in [4.78, 5) is 23.7. The first kappa shape index (κ1) is 10.0. The average Bonchev–Trinajstić information content (AvgIpc) is 2.27. The van der Waals surface area contributed by atoms with Gasteiger partial charge in [0.1, 0.15) is 0 Å². The fourth-order valence-electron chi connectivity index (χ4n) is 1.62. The molecule has 0 spiro atoms. The number of carboxylic acid groups (broad SMARTS) is 1. The van der Waals surface area contributed by atoms with Crippen LogP contribution in [-0.4, -0.2) is 35.0 Å². The molecule has 1 heterocycles. The van der Waals surface area contributed by atoms with Crippen LogP contribution in [-0.2, 0) is 9.59 Å². The van der Waals surface area contributed by atoms with Crippen LogP contribution >= 0.6 is 0 Å². The molecule has 13 heavy (non-hydrogen) atoms. The summed E-state index contributed by atoms with van der Waals surface area (Å²) in [6.45, 7) is 2.87. The molecule has 0 aliphatic carbocycles. The zero-order valence-corrected chi connectivity index (χ0v) is 7.82. The van der Waals surface area contributed by atoms with Gasteiger partial charge in [0.2, 0.25) is 5.91 Å². The summed E-state index contributed by atoms with van der Waals surface area (Å²) in [5.41, 5.74) is 0. The first-order valence-corrected chi connectivity index (χ1v) is 4.65. The lowest BCUT2D eigenvalue weighted by Crippen LogP contribution is -2.35. The molecule has 0 aromatic carbocycles. The van der Waals surface area contributed by atoms with E-state index < -0.39 is 5.97 Å². The summed E-state index contributed by atoms with van der Waals surface area (Å²) in [5.74, 6) is -1.06. The second-order valence-electron chi connectivity index (χ2n) is 3.36. The second-order valence-corrected chi connectivity index (χ2v) is 3.36. The van der Waals surface area contributed by atoms with Crippen molar-refractivity contribution in [2.24, 2.45) is 5.92 Å². The van der Waals surface area contributed by atoms with E-state index >= 15 is 0 Å². The molecule has 0 bridgehead atoms. The zero-order chi connectivity index (χ0) is 9.84. The molecule has 1 N–H and O–H groups in total. The lowest BCUT2D eigenvalue weighted by atomic mass is 10.0. The summed E-state index contributed by atoms with van der Waals surface area (Å²) >= 11 is 0. The Labute approximate surface area is 77.5 Å². The van der Waals surface area contributed by atoms with E-state index in [0.717, 1.165) is 0 Å². The number of likely N-dealkylation sites (tertiary alicyclic amines) is 1. The predicted octanol–water partition coefficient (Wildman–Crippen LogP) is 0.720. The molecule has 0 radical (unpaired) electrons. The molecule has 0 saturated carbocycles. The first-order chi connectivity index (χ1) is 6.15. The van der Waals surface area contributed by atoms with Crippen LogP contribution in [0.5, 0.6) is 0 Å². The normalized spacial score (nSPS) is 24.2. The van der Waals surface area contributed by atoms with Crippen molar-refractivity contribution in [1.82, 2.24) is 4.90 Å². The van der Waals surface area contributed by atoms with E-state index in [9.17, 15) is 9.59 Å². The standard InChI is InChI=1S/C9H15NO3/c1-2-10-6-7(9(12)13)4-3-5-8(10)11/h7H,2-6H2,1H3,(H,12,13). The third-order valence-electron chi connectivity index (χ3n) is 2.47. The molecule has 1 rings (SSSR count). The maximum atomic E-state index is 11.3. The van der Waals surface area contributed by atoms with E-state index in [2.05, 4.69) is 0 Å². The molecule has 1 unspecified atom stereocenters. The summed E-state index contributed by atoms with van der Waals surface area (Å²) in [6.07, 6.45) is 1.82. The minimum atomic E-state index is -0.784. The molecular formula is C9H15NO3. The Hall–Kier alpha value is -1.06. The minimum Gasteiger partial charge on any atom is -0.481 e. The molecule has 1 aliphatic heterocycles. The van der Waals surface area contributed by atoms with Crippen molar-refractivity contribution in [1.29, 1.82) is 0 Å². The molecule has 4 heteroatoms. The van der Waals surface area contributed by atoms with Crippen molar-refractivity contribution in [3.05, 3.63) is 0 Å². The van der Waals surface area contributed by atoms with Crippen molar-refractivity contribution < 1.29 is 14.7 Å². The molecule has 1 fully saturated rings. The van der Waals surface area contributed by atoms with Crippen molar-refractivity contribution in [3.63, 3.8) is 0 Å². The van der Waals surface area contributed by atoms with E-state index in [-0.39, 0.29) is 11.8 Å². The third-order valence-corrected chi connectivity index (χ3v) is 2.47. The summed E-state index contributed by atoms with van der Waals surface area (Å²) in [5, 5.41) is 8.82. The van der Waals surface area contributed by atoms with E-state index in [4.69, 9.17) is 5.11 Å². The number of carbonyl (C=O) groups excluding carboxylic acids is 1. The van der Waals surface area contributed by atoms with Crippen LogP contribution in [0.1, 0.15) is 26.2 Å². The van der Waals surface area contributed by atoms with Crippen LogP contribution in [0.2, 0.25) is 0 Å². The van der Waals surface area contributed by atoms with Crippen molar-refractivity contribution in [2.45, 2.75) is 26.2 Å². The van der Waals surface area contributed by atoms with Gasteiger partial charge in [-0.15, -0.1) is 0 Å². The largest absolute Gasteiger partial charge is 0.481 e. The van der Waals surface area contributed by atoms with Gasteiger partial charge >= 0.3 is 5.97 Å². The van der Waals surface area contributed by atoms with E-state index in [1.165, 1.54) is 0 Å². The first-order valence-electron chi connectivity index (χ1n) is 4.65. The highest BCUT2D eigenvalue weighted by Gasteiger charge is 2.26. The molecule has 0 aromatic rings. The van der Waals surface area contributed by atoms with Gasteiger partial charge in [-0.25, -0.2) is 0 Å². The van der Waals surface area contributed by atoms with Gasteiger partial charge in [0.15, 0.2) is 0 Å².